The lowest BCUT2D eigenvalue weighted by Crippen LogP contribution is -2.33. The number of fused-ring (bicyclic) bond motifs is 1. The van der Waals surface area contributed by atoms with Crippen LogP contribution >= 0.6 is 11.8 Å². The molecule has 3 rings (SSSR count). The van der Waals surface area contributed by atoms with Crippen molar-refractivity contribution in [1.82, 2.24) is 10.3 Å². The lowest BCUT2D eigenvalue weighted by Gasteiger charge is -2.12. The lowest BCUT2D eigenvalue weighted by molar-refractivity contribution is 0.0934. The molecule has 4 nitrogen and oxygen atoms in total. The first-order valence-electron chi connectivity index (χ1n) is 7.46. The Morgan fingerprint density at radius 1 is 1.43 bits per heavy atom. The Balaban J connectivity index is 1.67. The molecule has 0 radical (unpaired) electrons. The molecule has 1 aromatic carbocycles. The summed E-state index contributed by atoms with van der Waals surface area (Å²) in [6.45, 7) is 2.19. The van der Waals surface area contributed by atoms with E-state index in [-0.39, 0.29) is 5.91 Å². The first kappa shape index (κ1) is 14.3. The van der Waals surface area contributed by atoms with E-state index in [9.17, 15) is 4.79 Å². The van der Waals surface area contributed by atoms with Gasteiger partial charge in [-0.05, 0) is 49.3 Å². The molecule has 21 heavy (non-hydrogen) atoms. The monoisotopic (exact) mass is 303 g/mol. The van der Waals surface area contributed by atoms with Gasteiger partial charge in [-0.3, -0.25) is 4.79 Å². The zero-order valence-electron chi connectivity index (χ0n) is 12.2. The van der Waals surface area contributed by atoms with Crippen molar-refractivity contribution in [2.75, 3.05) is 11.5 Å². The Labute approximate surface area is 128 Å². The van der Waals surface area contributed by atoms with Gasteiger partial charge in [0.1, 0.15) is 5.69 Å². The first-order chi connectivity index (χ1) is 10.2. The van der Waals surface area contributed by atoms with Crippen molar-refractivity contribution in [3.8, 4) is 0 Å². The minimum atomic E-state index is -0.0167. The number of H-pyrrole nitrogens is 1. The molecule has 1 amide bonds. The van der Waals surface area contributed by atoms with Gasteiger partial charge in [-0.25, -0.2) is 0 Å². The highest BCUT2D eigenvalue weighted by molar-refractivity contribution is 7.99. The number of anilines is 1. The van der Waals surface area contributed by atoms with Crippen molar-refractivity contribution in [3.63, 3.8) is 0 Å². The van der Waals surface area contributed by atoms with Gasteiger partial charge >= 0.3 is 0 Å². The third-order valence-corrected chi connectivity index (χ3v) is 5.24. The molecule has 1 heterocycles. The summed E-state index contributed by atoms with van der Waals surface area (Å²) in [5.74, 6) is 1.13. The number of thioether (sulfide) groups is 1. The molecule has 5 heteroatoms. The highest BCUT2D eigenvalue weighted by Crippen LogP contribution is 2.30. The number of aromatic nitrogens is 1. The SMILES string of the molecule is CCSC1CCC(NC(=O)c2cc3cc(N)ccc3[nH]2)C1. The zero-order chi connectivity index (χ0) is 14.8. The summed E-state index contributed by atoms with van der Waals surface area (Å²) >= 11 is 2.00. The Morgan fingerprint density at radius 2 is 2.29 bits per heavy atom. The Kier molecular flexibility index (Phi) is 4.10. The molecule has 0 aliphatic heterocycles. The van der Waals surface area contributed by atoms with Crippen molar-refractivity contribution in [3.05, 3.63) is 30.0 Å². The number of benzene rings is 1. The number of carbonyl (C=O) groups excluding carboxylic acids is 1. The predicted octanol–water partition coefficient (Wildman–Crippen LogP) is 3.15. The normalized spacial score (nSPS) is 21.8. The molecule has 112 valence electrons. The van der Waals surface area contributed by atoms with Gasteiger partial charge in [0, 0.05) is 27.9 Å². The molecule has 1 aromatic heterocycles. The smallest absolute Gasteiger partial charge is 0.267 e. The number of nitrogen functional groups attached to an aromatic ring is 1. The van der Waals surface area contributed by atoms with Gasteiger partial charge in [0.05, 0.1) is 0 Å². The van der Waals surface area contributed by atoms with E-state index in [1.54, 1.807) is 0 Å². The summed E-state index contributed by atoms with van der Waals surface area (Å²) < 4.78 is 0. The van der Waals surface area contributed by atoms with Crippen LogP contribution in [0.2, 0.25) is 0 Å². The van der Waals surface area contributed by atoms with Crippen LogP contribution in [0.4, 0.5) is 5.69 Å². The molecule has 1 aliphatic rings. The summed E-state index contributed by atoms with van der Waals surface area (Å²) in [6, 6.07) is 7.80. The number of hydrogen-bond acceptors (Lipinski definition) is 3. The number of amides is 1. The summed E-state index contributed by atoms with van der Waals surface area (Å²) in [5, 5.41) is 4.82. The molecule has 0 saturated heterocycles. The van der Waals surface area contributed by atoms with Gasteiger partial charge in [-0.2, -0.15) is 11.8 Å². The first-order valence-corrected chi connectivity index (χ1v) is 8.51. The summed E-state index contributed by atoms with van der Waals surface area (Å²) in [7, 11) is 0. The minimum Gasteiger partial charge on any atom is -0.399 e. The van der Waals surface area contributed by atoms with Gasteiger partial charge in [-0.15, -0.1) is 0 Å². The molecule has 1 saturated carbocycles. The maximum Gasteiger partial charge on any atom is 0.267 e. The largest absolute Gasteiger partial charge is 0.399 e. The second kappa shape index (κ2) is 6.02. The van der Waals surface area contributed by atoms with E-state index in [0.717, 1.165) is 29.5 Å². The van der Waals surface area contributed by atoms with Crippen molar-refractivity contribution in [1.29, 1.82) is 0 Å². The second-order valence-corrected chi connectivity index (χ2v) is 7.17. The summed E-state index contributed by atoms with van der Waals surface area (Å²) in [6.07, 6.45) is 3.36. The van der Waals surface area contributed by atoms with Crippen molar-refractivity contribution >= 4 is 34.3 Å². The highest BCUT2D eigenvalue weighted by atomic mass is 32.2. The van der Waals surface area contributed by atoms with E-state index in [2.05, 4.69) is 17.2 Å². The van der Waals surface area contributed by atoms with Crippen molar-refractivity contribution < 1.29 is 4.79 Å². The number of nitrogens with one attached hydrogen (secondary N) is 2. The van der Waals surface area contributed by atoms with Crippen LogP contribution in [-0.4, -0.2) is 27.9 Å². The molecule has 1 aliphatic carbocycles. The van der Waals surface area contributed by atoms with Crippen LogP contribution in [0.25, 0.3) is 10.9 Å². The number of carbonyl (C=O) groups is 1. The van der Waals surface area contributed by atoms with Crippen molar-refractivity contribution in [2.24, 2.45) is 0 Å². The van der Waals surface area contributed by atoms with E-state index in [4.69, 9.17) is 5.73 Å². The molecule has 4 N–H and O–H groups in total. The molecular formula is C16H21N3OS. The summed E-state index contributed by atoms with van der Waals surface area (Å²) in [5.41, 5.74) is 8.04. The molecule has 0 spiro atoms. The standard InChI is InChI=1S/C16H21N3OS/c1-2-21-13-5-4-12(9-13)18-16(20)15-8-10-7-11(17)3-6-14(10)19-15/h3,6-8,12-13,19H,2,4-5,9,17H2,1H3,(H,18,20). The topological polar surface area (TPSA) is 70.9 Å². The van der Waals surface area contributed by atoms with Gasteiger partial charge in [0.15, 0.2) is 0 Å². The van der Waals surface area contributed by atoms with Crippen LogP contribution in [0.3, 0.4) is 0 Å². The van der Waals surface area contributed by atoms with E-state index < -0.39 is 0 Å². The fourth-order valence-electron chi connectivity index (χ4n) is 2.99. The fourth-order valence-corrected chi connectivity index (χ4v) is 4.14. The fraction of sp³-hybridized carbons (Fsp3) is 0.438. The number of hydrogen-bond donors (Lipinski definition) is 3. The number of rotatable bonds is 4. The van der Waals surface area contributed by atoms with Crippen LogP contribution in [0, 0.1) is 0 Å². The van der Waals surface area contributed by atoms with Gasteiger partial charge in [-0.1, -0.05) is 6.92 Å². The third kappa shape index (κ3) is 3.18. The van der Waals surface area contributed by atoms with E-state index >= 15 is 0 Å². The van der Waals surface area contributed by atoms with E-state index in [1.165, 1.54) is 6.42 Å². The van der Waals surface area contributed by atoms with Crippen LogP contribution < -0.4 is 11.1 Å². The maximum atomic E-state index is 12.3. The molecule has 2 unspecified atom stereocenters. The van der Waals surface area contributed by atoms with Crippen LogP contribution in [0.15, 0.2) is 24.3 Å². The molecule has 2 atom stereocenters. The summed E-state index contributed by atoms with van der Waals surface area (Å²) in [4.78, 5) is 15.5. The van der Waals surface area contributed by atoms with Gasteiger partial charge < -0.3 is 16.0 Å². The molecule has 1 fully saturated rings. The maximum absolute atomic E-state index is 12.3. The average Bonchev–Trinajstić information content (AvgIpc) is 3.05. The predicted molar refractivity (Wildman–Crippen MR) is 89.7 cm³/mol. The average molecular weight is 303 g/mol. The van der Waals surface area contributed by atoms with E-state index in [0.29, 0.717) is 22.7 Å². The third-order valence-electron chi connectivity index (χ3n) is 4.01. The van der Waals surface area contributed by atoms with Crippen molar-refractivity contribution in [2.45, 2.75) is 37.5 Å². The quantitative estimate of drug-likeness (QED) is 0.760. The lowest BCUT2D eigenvalue weighted by atomic mass is 10.2. The minimum absolute atomic E-state index is 0.0167. The van der Waals surface area contributed by atoms with Crippen LogP contribution in [-0.2, 0) is 0 Å². The second-order valence-electron chi connectivity index (χ2n) is 5.59. The molecular weight excluding hydrogens is 282 g/mol. The van der Waals surface area contributed by atoms with E-state index in [1.807, 2.05) is 36.0 Å². The van der Waals surface area contributed by atoms with Gasteiger partial charge in [0.25, 0.3) is 5.91 Å². The highest BCUT2D eigenvalue weighted by Gasteiger charge is 2.26. The van der Waals surface area contributed by atoms with Gasteiger partial charge in [0.2, 0.25) is 0 Å². The Bertz CT molecular complexity index is 652. The number of aromatic amines is 1. The van der Waals surface area contributed by atoms with Crippen LogP contribution in [0.5, 0.6) is 0 Å². The number of nitrogens with two attached hydrogens (primary N) is 1. The molecule has 2 aromatic rings. The zero-order valence-corrected chi connectivity index (χ0v) is 13.0. The Morgan fingerprint density at radius 3 is 3.10 bits per heavy atom. The van der Waals surface area contributed by atoms with Crippen LogP contribution in [0.1, 0.15) is 36.7 Å². The molecule has 0 bridgehead atoms. The Hall–Kier alpha value is -1.62.